The van der Waals surface area contributed by atoms with Crippen molar-refractivity contribution in [1.82, 2.24) is 20.0 Å². The number of fused-ring (bicyclic) bond motifs is 1. The summed E-state index contributed by atoms with van der Waals surface area (Å²) in [7, 11) is 0. The Balaban J connectivity index is 1.15. The van der Waals surface area contributed by atoms with Crippen LogP contribution in [-0.2, 0) is 11.3 Å². The first-order valence-corrected chi connectivity index (χ1v) is 13.2. The molecule has 0 radical (unpaired) electrons. The first-order chi connectivity index (χ1) is 16.5. The summed E-state index contributed by atoms with van der Waals surface area (Å²) >= 11 is 1.61. The van der Waals surface area contributed by atoms with Crippen LogP contribution in [0.3, 0.4) is 0 Å². The van der Waals surface area contributed by atoms with Crippen LogP contribution < -0.4 is 10.2 Å². The van der Waals surface area contributed by atoms with E-state index in [9.17, 15) is 13.6 Å². The second-order valence-electron chi connectivity index (χ2n) is 9.28. The van der Waals surface area contributed by atoms with Crippen molar-refractivity contribution in [3.63, 3.8) is 0 Å². The number of rotatable bonds is 5. The molecule has 5 rings (SSSR count). The maximum absolute atomic E-state index is 14.0. The van der Waals surface area contributed by atoms with Gasteiger partial charge in [0, 0.05) is 49.9 Å². The number of benzene rings is 1. The second-order valence-corrected chi connectivity index (χ2v) is 10.2. The molecule has 0 saturated carbocycles. The average Bonchev–Trinajstić information content (AvgIpc) is 3.22. The number of hydrogen-bond acceptors (Lipinski definition) is 7. The summed E-state index contributed by atoms with van der Waals surface area (Å²) < 4.78 is 27.7. The van der Waals surface area contributed by atoms with Crippen molar-refractivity contribution >= 4 is 29.0 Å². The normalized spacial score (nSPS) is 22.0. The van der Waals surface area contributed by atoms with Gasteiger partial charge in [-0.25, -0.2) is 8.78 Å². The molecule has 10 heteroatoms. The van der Waals surface area contributed by atoms with Gasteiger partial charge in [0.1, 0.15) is 5.50 Å². The van der Waals surface area contributed by atoms with Crippen LogP contribution in [0.15, 0.2) is 30.6 Å². The highest BCUT2D eigenvalue weighted by atomic mass is 32.2. The number of piperidine rings is 2. The molecule has 0 bridgehead atoms. The summed E-state index contributed by atoms with van der Waals surface area (Å²) in [6.07, 6.45) is 8.87. The minimum absolute atomic E-state index is 0.0663. The van der Waals surface area contributed by atoms with Gasteiger partial charge in [-0.2, -0.15) is 10.2 Å². The Morgan fingerprint density at radius 3 is 2.50 bits per heavy atom. The van der Waals surface area contributed by atoms with Crippen LogP contribution in [0.1, 0.15) is 31.2 Å². The Labute approximate surface area is 202 Å². The molecule has 1 atom stereocenters. The van der Waals surface area contributed by atoms with E-state index >= 15 is 0 Å². The first-order valence-electron chi connectivity index (χ1n) is 11.9. The smallest absolute Gasteiger partial charge is 0.225 e. The van der Waals surface area contributed by atoms with Crippen molar-refractivity contribution in [2.45, 2.75) is 43.8 Å². The van der Waals surface area contributed by atoms with E-state index in [1.165, 1.54) is 12.1 Å². The number of carbonyl (C=O) groups excluding carboxylic acids is 1. The van der Waals surface area contributed by atoms with E-state index in [0.29, 0.717) is 24.5 Å². The maximum atomic E-state index is 14.0. The van der Waals surface area contributed by atoms with Crippen LogP contribution in [0, 0.1) is 17.6 Å². The van der Waals surface area contributed by atoms with E-state index in [1.54, 1.807) is 24.2 Å². The van der Waals surface area contributed by atoms with Crippen LogP contribution in [-0.4, -0.2) is 69.9 Å². The fraction of sp³-hybridized carbons (Fsp3) is 0.542. The predicted molar refractivity (Wildman–Crippen MR) is 129 cm³/mol. The lowest BCUT2D eigenvalue weighted by atomic mass is 9.93. The van der Waals surface area contributed by atoms with Crippen molar-refractivity contribution in [2.75, 3.05) is 42.7 Å². The molecule has 0 aliphatic carbocycles. The molecule has 1 aromatic heterocycles. The second kappa shape index (κ2) is 10.0. The average molecular weight is 489 g/mol. The van der Waals surface area contributed by atoms with E-state index < -0.39 is 11.6 Å². The molecule has 3 aliphatic rings. The van der Waals surface area contributed by atoms with Crippen LogP contribution in [0.25, 0.3) is 0 Å². The Morgan fingerprint density at radius 1 is 1.09 bits per heavy atom. The first kappa shape index (κ1) is 23.3. The molecule has 34 heavy (non-hydrogen) atoms. The van der Waals surface area contributed by atoms with Gasteiger partial charge in [0.15, 0.2) is 11.6 Å². The van der Waals surface area contributed by atoms with E-state index in [2.05, 4.69) is 25.3 Å². The Bertz CT molecular complexity index is 1010. The van der Waals surface area contributed by atoms with Gasteiger partial charge >= 0.3 is 0 Å². The van der Waals surface area contributed by atoms with Crippen molar-refractivity contribution in [2.24, 2.45) is 5.92 Å². The molecule has 1 amide bonds. The predicted octanol–water partition coefficient (Wildman–Crippen LogP) is 3.54. The van der Waals surface area contributed by atoms with Gasteiger partial charge in [0.05, 0.1) is 17.6 Å². The Morgan fingerprint density at radius 2 is 1.82 bits per heavy atom. The third kappa shape index (κ3) is 4.70. The summed E-state index contributed by atoms with van der Waals surface area (Å²) in [6, 6.07) is 4.69. The van der Waals surface area contributed by atoms with E-state index in [0.717, 1.165) is 50.9 Å². The van der Waals surface area contributed by atoms with Crippen LogP contribution in [0.2, 0.25) is 0 Å². The third-order valence-corrected chi connectivity index (χ3v) is 8.02. The zero-order chi connectivity index (χ0) is 23.7. The molecule has 2 saturated heterocycles. The van der Waals surface area contributed by atoms with Crippen LogP contribution in [0.4, 0.5) is 20.2 Å². The molecule has 182 valence electrons. The highest BCUT2D eigenvalue weighted by molar-refractivity contribution is 7.99. The zero-order valence-corrected chi connectivity index (χ0v) is 20.1. The molecular weight excluding hydrogens is 458 g/mol. The number of nitrogens with one attached hydrogen (secondary N) is 1. The van der Waals surface area contributed by atoms with E-state index in [-0.39, 0.29) is 23.4 Å². The Kier molecular flexibility index (Phi) is 6.87. The third-order valence-electron chi connectivity index (χ3n) is 7.23. The van der Waals surface area contributed by atoms with E-state index in [1.807, 2.05) is 17.2 Å². The molecule has 1 unspecified atom stereocenters. The number of nitrogens with zero attached hydrogens (tertiary/aromatic N) is 5. The monoisotopic (exact) mass is 488 g/mol. The van der Waals surface area contributed by atoms with Gasteiger partial charge in [0.2, 0.25) is 5.91 Å². The largest absolute Gasteiger partial charge is 0.355 e. The summed E-state index contributed by atoms with van der Waals surface area (Å²) in [4.78, 5) is 19.8. The number of aromatic nitrogens is 2. The van der Waals surface area contributed by atoms with Gasteiger partial charge in [0.25, 0.3) is 0 Å². The minimum Gasteiger partial charge on any atom is -0.355 e. The molecule has 3 aliphatic heterocycles. The number of carbonyl (C=O) groups is 1. The van der Waals surface area contributed by atoms with Crippen molar-refractivity contribution in [1.29, 1.82) is 0 Å². The van der Waals surface area contributed by atoms with Crippen LogP contribution in [0.5, 0.6) is 0 Å². The standard InChI is InChI=1S/C24H30F2N6OS/c1-34-24-29-21-12-19(25)20(26)13-22(21)32(24)18-5-10-31(11-6-18)23(33)17-3-8-30(9-4-17)15-16-2-7-27-28-14-16/h2,7,12-14,17-18,24,29H,3-6,8-11,15H2,1H3. The summed E-state index contributed by atoms with van der Waals surface area (Å²) in [5.74, 6) is -1.32. The lowest BCUT2D eigenvalue weighted by molar-refractivity contribution is -0.138. The highest BCUT2D eigenvalue weighted by Crippen LogP contribution is 2.42. The molecule has 0 spiro atoms. The quantitative estimate of drug-likeness (QED) is 0.691. The number of anilines is 2. The van der Waals surface area contributed by atoms with Gasteiger partial charge < -0.3 is 15.1 Å². The summed E-state index contributed by atoms with van der Waals surface area (Å²) in [6.45, 7) is 4.05. The van der Waals surface area contributed by atoms with Gasteiger partial charge in [-0.3, -0.25) is 9.69 Å². The van der Waals surface area contributed by atoms with E-state index in [4.69, 9.17) is 0 Å². The lowest BCUT2D eigenvalue weighted by Crippen LogP contribution is -2.51. The number of hydrogen-bond donors (Lipinski definition) is 1. The zero-order valence-electron chi connectivity index (χ0n) is 19.3. The maximum Gasteiger partial charge on any atom is 0.225 e. The molecule has 4 heterocycles. The lowest BCUT2D eigenvalue weighted by Gasteiger charge is -2.41. The highest BCUT2D eigenvalue weighted by Gasteiger charge is 2.38. The molecule has 7 nitrogen and oxygen atoms in total. The topological polar surface area (TPSA) is 64.6 Å². The fourth-order valence-electron chi connectivity index (χ4n) is 5.39. The molecule has 2 fully saturated rings. The minimum atomic E-state index is -0.836. The molecule has 2 aromatic rings. The molecule has 1 N–H and O–H groups in total. The Hall–Kier alpha value is -2.46. The van der Waals surface area contributed by atoms with Crippen LogP contribution >= 0.6 is 11.8 Å². The molecular formula is C24H30F2N6OS. The van der Waals surface area contributed by atoms with Gasteiger partial charge in [-0.15, -0.1) is 11.8 Å². The fourth-order valence-corrected chi connectivity index (χ4v) is 6.14. The number of amides is 1. The van der Waals surface area contributed by atoms with Crippen molar-refractivity contribution < 1.29 is 13.6 Å². The molecule has 1 aromatic carbocycles. The number of likely N-dealkylation sites (tertiary alicyclic amines) is 2. The SMILES string of the molecule is CSC1Nc2cc(F)c(F)cc2N1C1CCN(C(=O)C2CCN(Cc3ccnnc3)CC2)CC1. The summed E-state index contributed by atoms with van der Waals surface area (Å²) in [5.41, 5.74) is 2.42. The van der Waals surface area contributed by atoms with Gasteiger partial charge in [-0.05, 0) is 56.7 Å². The number of halogens is 2. The van der Waals surface area contributed by atoms with Crippen molar-refractivity contribution in [3.8, 4) is 0 Å². The van der Waals surface area contributed by atoms with Crippen molar-refractivity contribution in [3.05, 3.63) is 47.8 Å². The summed E-state index contributed by atoms with van der Waals surface area (Å²) in [5, 5.41) is 11.1. The number of thioether (sulfide) groups is 1. The van der Waals surface area contributed by atoms with Gasteiger partial charge in [-0.1, -0.05) is 0 Å².